The first-order valence-corrected chi connectivity index (χ1v) is 13.7. The van der Waals surface area contributed by atoms with E-state index in [2.05, 4.69) is 48.5 Å². The van der Waals surface area contributed by atoms with Crippen LogP contribution in [0.25, 0.3) is 0 Å². The summed E-state index contributed by atoms with van der Waals surface area (Å²) >= 11 is 0. The van der Waals surface area contributed by atoms with Crippen molar-refractivity contribution in [2.75, 3.05) is 0 Å². The van der Waals surface area contributed by atoms with Gasteiger partial charge in [0.05, 0.1) is 0 Å². The van der Waals surface area contributed by atoms with Gasteiger partial charge >= 0.3 is 193 Å². The van der Waals surface area contributed by atoms with Crippen LogP contribution in [0, 0.1) is 0 Å². The van der Waals surface area contributed by atoms with E-state index >= 15 is 0 Å². The molecule has 4 aromatic rings. The summed E-state index contributed by atoms with van der Waals surface area (Å²) < 4.78 is 32.2. The van der Waals surface area contributed by atoms with Gasteiger partial charge in [0.1, 0.15) is 0 Å². The zero-order chi connectivity index (χ0) is 22.0. The molecule has 8 rings (SSSR count). The van der Waals surface area contributed by atoms with Crippen molar-refractivity contribution in [3.05, 3.63) is 144 Å². The van der Waals surface area contributed by atoms with Gasteiger partial charge in [-0.1, -0.05) is 0 Å². The van der Waals surface area contributed by atoms with E-state index in [1.165, 1.54) is 0 Å². The molecule has 4 heterocycles. The molecule has 1 spiro atoms. The Morgan fingerprint density at radius 3 is 0.909 bits per heavy atom. The Balaban J connectivity index is 1.64. The topological polar surface area (TPSA) is 46.2 Å². The van der Waals surface area contributed by atoms with Crippen molar-refractivity contribution in [1.29, 1.82) is 0 Å². The van der Waals surface area contributed by atoms with E-state index in [0.717, 1.165) is 22.3 Å². The average Bonchev–Trinajstić information content (AvgIpc) is 3.20. The number of hydrogen-bond donors (Lipinski definition) is 0. The van der Waals surface area contributed by atoms with Crippen LogP contribution in [-0.4, -0.2) is 0 Å². The molecule has 0 radical (unpaired) electrons. The first-order chi connectivity index (χ1) is 16.2. The zero-order valence-corrected chi connectivity index (χ0v) is 19.3. The standard InChI is InChI=1S/C26H20O5P2/c1-5-13-21(14-6-1)25(22-15-7-2-8-16-22)26(23-17-9-3-10-18-23,24-19-11-4-12-20-24)28-33(27-25)29-32(30-33)31-33/h1-20H. The molecule has 4 aliphatic rings. The molecule has 4 fully saturated rings. The molecule has 0 amide bonds. The summed E-state index contributed by atoms with van der Waals surface area (Å²) in [5.74, 6) is 0. The van der Waals surface area contributed by atoms with E-state index in [1.54, 1.807) is 0 Å². The summed E-state index contributed by atoms with van der Waals surface area (Å²) in [5.41, 5.74) is 1.38. The molecule has 4 saturated heterocycles. The molecule has 0 aromatic heterocycles. The fourth-order valence-corrected chi connectivity index (χ4v) is 10.3. The Kier molecular flexibility index (Phi) is 4.11. The Morgan fingerprint density at radius 1 is 0.424 bits per heavy atom. The Morgan fingerprint density at radius 2 is 0.697 bits per heavy atom. The van der Waals surface area contributed by atoms with Crippen LogP contribution in [-0.2, 0) is 33.2 Å². The van der Waals surface area contributed by atoms with Crippen LogP contribution in [0.1, 0.15) is 22.3 Å². The summed E-state index contributed by atoms with van der Waals surface area (Å²) in [4.78, 5) is 0. The third kappa shape index (κ3) is 2.51. The minimum atomic E-state index is -4.21. The van der Waals surface area contributed by atoms with Crippen LogP contribution < -0.4 is 0 Å². The number of benzene rings is 4. The minimum absolute atomic E-state index is 0.916. The first-order valence-electron chi connectivity index (χ1n) is 10.8. The predicted octanol–water partition coefficient (Wildman–Crippen LogP) is 7.35. The number of hydrogen-bond acceptors (Lipinski definition) is 5. The fraction of sp³-hybridized carbons (Fsp3) is 0.0769. The molecule has 0 aliphatic carbocycles. The molecule has 4 aromatic carbocycles. The molecular weight excluding hydrogens is 454 g/mol. The molecule has 0 atom stereocenters. The van der Waals surface area contributed by atoms with Gasteiger partial charge in [-0.05, 0) is 0 Å². The van der Waals surface area contributed by atoms with Crippen molar-refractivity contribution in [2.45, 2.75) is 11.2 Å². The normalized spacial score (nSPS) is 25.8. The van der Waals surface area contributed by atoms with Crippen LogP contribution >= 0.6 is 16.3 Å². The average molecular weight is 474 g/mol. The van der Waals surface area contributed by atoms with E-state index in [9.17, 15) is 0 Å². The van der Waals surface area contributed by atoms with Crippen molar-refractivity contribution in [2.24, 2.45) is 0 Å². The second-order valence-corrected chi connectivity index (χ2v) is 12.5. The van der Waals surface area contributed by atoms with Gasteiger partial charge in [-0.3, -0.25) is 0 Å². The molecule has 33 heavy (non-hydrogen) atoms. The second-order valence-electron chi connectivity index (χ2n) is 8.22. The molecule has 0 N–H and O–H groups in total. The van der Waals surface area contributed by atoms with E-state index in [4.69, 9.17) is 22.0 Å². The second kappa shape index (κ2) is 6.79. The maximum absolute atomic E-state index is 6.98. The van der Waals surface area contributed by atoms with Crippen LogP contribution in [0.2, 0.25) is 0 Å². The van der Waals surface area contributed by atoms with Crippen molar-refractivity contribution >= 4 is 16.3 Å². The van der Waals surface area contributed by atoms with Gasteiger partial charge in [0.15, 0.2) is 0 Å². The van der Waals surface area contributed by atoms with Gasteiger partial charge in [-0.25, -0.2) is 0 Å². The first kappa shape index (κ1) is 20.0. The van der Waals surface area contributed by atoms with E-state index in [0.29, 0.717) is 0 Å². The molecule has 4 aliphatic heterocycles. The third-order valence-electron chi connectivity index (χ3n) is 6.39. The number of rotatable bonds is 4. The molecule has 0 unspecified atom stereocenters. The molecule has 2 bridgehead atoms. The Labute approximate surface area is 193 Å². The van der Waals surface area contributed by atoms with Crippen LogP contribution in [0.4, 0.5) is 0 Å². The van der Waals surface area contributed by atoms with E-state index < -0.39 is 27.5 Å². The quantitative estimate of drug-likeness (QED) is 0.289. The van der Waals surface area contributed by atoms with Crippen molar-refractivity contribution in [1.82, 2.24) is 0 Å². The maximum atomic E-state index is 6.98. The predicted molar refractivity (Wildman–Crippen MR) is 127 cm³/mol. The van der Waals surface area contributed by atoms with Gasteiger partial charge in [-0.15, -0.1) is 0 Å². The van der Waals surface area contributed by atoms with Gasteiger partial charge in [0.2, 0.25) is 0 Å². The van der Waals surface area contributed by atoms with Crippen molar-refractivity contribution in [3.63, 3.8) is 0 Å². The van der Waals surface area contributed by atoms with Crippen molar-refractivity contribution < 1.29 is 22.0 Å². The van der Waals surface area contributed by atoms with Crippen LogP contribution in [0.15, 0.2) is 121 Å². The molecule has 7 heteroatoms. The van der Waals surface area contributed by atoms with Crippen LogP contribution in [0.5, 0.6) is 0 Å². The van der Waals surface area contributed by atoms with Crippen LogP contribution in [0.3, 0.4) is 0 Å². The molecule has 0 saturated carbocycles. The SMILES string of the molecule is c1ccc(C2(c3ccccc3)OP34(OP(O3)O4)OC2(c2ccccc2)c2ccccc2)cc1. The van der Waals surface area contributed by atoms with Gasteiger partial charge in [-0.2, -0.15) is 0 Å². The molecule has 5 nitrogen and oxygen atoms in total. The Bertz CT molecular complexity index is 1120. The van der Waals surface area contributed by atoms with Gasteiger partial charge in [0, 0.05) is 0 Å². The van der Waals surface area contributed by atoms with Gasteiger partial charge in [0.25, 0.3) is 0 Å². The third-order valence-corrected chi connectivity index (χ3v) is 12.3. The van der Waals surface area contributed by atoms with Gasteiger partial charge < -0.3 is 0 Å². The Hall–Kier alpha value is -2.46. The monoisotopic (exact) mass is 474 g/mol. The van der Waals surface area contributed by atoms with Crippen molar-refractivity contribution in [3.8, 4) is 0 Å². The van der Waals surface area contributed by atoms with E-state index in [-0.39, 0.29) is 0 Å². The summed E-state index contributed by atoms with van der Waals surface area (Å²) in [6.45, 7) is 0. The fourth-order valence-electron chi connectivity index (χ4n) is 5.09. The summed E-state index contributed by atoms with van der Waals surface area (Å²) in [5, 5.41) is 0. The van der Waals surface area contributed by atoms with E-state index in [1.807, 2.05) is 72.8 Å². The summed E-state index contributed by atoms with van der Waals surface area (Å²) in [6, 6.07) is 40.4. The summed E-state index contributed by atoms with van der Waals surface area (Å²) in [7, 11) is -5.60. The molecule has 164 valence electrons. The summed E-state index contributed by atoms with van der Waals surface area (Å²) in [6.07, 6.45) is 0. The zero-order valence-electron chi connectivity index (χ0n) is 17.5. The molecular formula is C26H20O5P2.